The van der Waals surface area contributed by atoms with Crippen LogP contribution in [0.1, 0.15) is 71.6 Å². The van der Waals surface area contributed by atoms with Crippen molar-refractivity contribution in [2.24, 2.45) is 0 Å². The predicted molar refractivity (Wildman–Crippen MR) is 475 cm³/mol. The second-order valence-electron chi connectivity index (χ2n) is 25.7. The van der Waals surface area contributed by atoms with Crippen molar-refractivity contribution in [2.75, 3.05) is 61.7 Å². The van der Waals surface area contributed by atoms with Crippen LogP contribution in [0.4, 0.5) is 40.7 Å². The fourth-order valence-corrected chi connectivity index (χ4v) is 13.0. The van der Waals surface area contributed by atoms with Crippen molar-refractivity contribution < 1.29 is 19.1 Å². The van der Waals surface area contributed by atoms with E-state index >= 15 is 0 Å². The molecule has 0 amide bonds. The summed E-state index contributed by atoms with van der Waals surface area (Å²) >= 11 is 18.1. The van der Waals surface area contributed by atoms with Gasteiger partial charge < -0.3 is 50.1 Å². The molecule has 15 aromatic rings. The van der Waals surface area contributed by atoms with Gasteiger partial charge in [0.2, 0.25) is 11.8 Å². The number of aryl methyl sites for hydroxylation is 4. The minimum atomic E-state index is -0.263. The maximum absolute atomic E-state index is 11.9. The number of halogens is 4. The Bertz CT molecular complexity index is 6030. The van der Waals surface area contributed by atoms with Crippen molar-refractivity contribution in [3.8, 4) is 11.5 Å². The molecular weight excluding hydrogens is 1690 g/mol. The van der Waals surface area contributed by atoms with Crippen LogP contribution in [0, 0.1) is 40.1 Å². The zero-order valence-electron chi connectivity index (χ0n) is 66.1. The fraction of sp³-hybridized carbons (Fsp3) is 0.207. The quantitative estimate of drug-likeness (QED) is 0.0399. The zero-order chi connectivity index (χ0) is 85.7. The summed E-state index contributed by atoms with van der Waals surface area (Å²) in [6, 6.07) is 39.6. The number of hydrogen-bond acceptors (Lipinski definition) is 25. The Morgan fingerprint density at radius 1 is 0.483 bits per heavy atom. The molecule has 0 atom stereocenters. The van der Waals surface area contributed by atoms with Crippen LogP contribution in [-0.4, -0.2) is 137 Å². The number of nitrogen functional groups attached to an aromatic ring is 2. The minimum absolute atomic E-state index is 0.159. The number of ether oxygens (including phenoxy) is 2. The first-order valence-electron chi connectivity index (χ1n) is 37.1. The Labute approximate surface area is 719 Å². The number of nitrogens with two attached hydrogens (primary N) is 2. The van der Waals surface area contributed by atoms with Gasteiger partial charge in [-0.15, -0.1) is 15.0 Å². The number of esters is 2. The molecule has 0 saturated heterocycles. The van der Waals surface area contributed by atoms with Crippen LogP contribution in [0.5, 0.6) is 0 Å². The maximum atomic E-state index is 11.9. The maximum Gasteiger partial charge on any atom is 0.325 e. The highest BCUT2D eigenvalue weighted by atomic mass is 79.9. The van der Waals surface area contributed by atoms with Crippen molar-refractivity contribution in [3.05, 3.63) is 307 Å². The molecule has 2 aliphatic carbocycles. The lowest BCUT2D eigenvalue weighted by molar-refractivity contribution is -0.142. The Morgan fingerprint density at radius 2 is 0.933 bits per heavy atom. The molecule has 29 nitrogen and oxygen atoms in total. The molecule has 604 valence electrons. The number of pyridine rings is 13. The summed E-state index contributed by atoms with van der Waals surface area (Å²) in [6.07, 6.45) is 26.2. The van der Waals surface area contributed by atoms with E-state index in [1.807, 2.05) is 136 Å². The molecule has 15 aromatic heterocycles. The average molecular weight is 1770 g/mol. The molecule has 0 aliphatic heterocycles. The van der Waals surface area contributed by atoms with Crippen molar-refractivity contribution >= 4 is 162 Å². The van der Waals surface area contributed by atoms with Gasteiger partial charge in [-0.3, -0.25) is 44.5 Å². The van der Waals surface area contributed by atoms with Gasteiger partial charge in [0, 0.05) is 99.9 Å². The molecule has 17 rings (SSSR count). The number of carbonyl (C=O) groups excluding carboxylic acids is 2. The van der Waals surface area contributed by atoms with E-state index in [4.69, 9.17) is 80.4 Å². The number of hydrogen-bond donors (Lipinski definition) is 2. The number of aromatic nitrogens is 17. The molecule has 0 radical (unpaired) electrons. The standard InChI is InChI=1S/C20H21N5O2.C12H16ClN3O2.C9H8N2.C8H6BrN3.C8H5ClN2.C8H7N3.C8H5N3.C7H5BrN2.C7H6N2/c1-3-27-18(26)12-25(2)20-14-7-4-8-15(14)23-19(24-20)16-10-13-6-5-9-21-17(13)11-22-16;1-3-18-10(17)7-16(2)11-8-5-4-6-9(8)14-12(13)15-11;1-7-5-8-3-2-4-10-9(8)6-11-7;9-8-7-5(2-1-3-11-7)4-6(10)12-8;2*9-8-4-6-2-1-3-10-7(6)5-11-8;1-9-6-7-4-3-5-11-8(7)10-2;1-9-7-6(5-8)3-2-4-10-7;1-6-4-3-5-9-7(6)8-2/h5-6,9-11H,3-4,7-8,12H2,1-2H3;3-7H2,1-2H3;2-6H,1H3;1-4H,(H2,10,12);1-5H;1-5H,(H2,9,11);3-5H,6H2;2-4H,5H2;3-5H,1H3. The molecule has 120 heavy (non-hydrogen) atoms. The van der Waals surface area contributed by atoms with Gasteiger partial charge in [0.25, 0.3) is 17.5 Å². The van der Waals surface area contributed by atoms with E-state index in [0.717, 1.165) is 144 Å². The summed E-state index contributed by atoms with van der Waals surface area (Å²) in [6.45, 7) is 35.5. The molecule has 0 aromatic carbocycles. The molecule has 0 fully saturated rings. The van der Waals surface area contributed by atoms with Gasteiger partial charge >= 0.3 is 11.9 Å². The van der Waals surface area contributed by atoms with E-state index in [0.29, 0.717) is 74.5 Å². The Hall–Kier alpha value is -14.0. The van der Waals surface area contributed by atoms with Crippen LogP contribution in [0.3, 0.4) is 0 Å². The lowest BCUT2D eigenvalue weighted by Crippen LogP contribution is -2.29. The third kappa shape index (κ3) is 26.8. The van der Waals surface area contributed by atoms with Crippen LogP contribution in [0.25, 0.3) is 85.4 Å². The first kappa shape index (κ1) is 90.0. The number of fused-ring (bicyclic) bond motifs is 7. The van der Waals surface area contributed by atoms with Crippen molar-refractivity contribution in [3.63, 3.8) is 0 Å². The molecule has 0 bridgehead atoms. The summed E-state index contributed by atoms with van der Waals surface area (Å²) in [5.41, 5.74) is 24.0. The zero-order valence-corrected chi connectivity index (χ0v) is 70.8. The Kier molecular flexibility index (Phi) is 35.0. The van der Waals surface area contributed by atoms with Crippen LogP contribution < -0.4 is 21.3 Å². The van der Waals surface area contributed by atoms with Gasteiger partial charge in [0.1, 0.15) is 75.9 Å². The van der Waals surface area contributed by atoms with Gasteiger partial charge in [-0.25, -0.2) is 41.5 Å². The van der Waals surface area contributed by atoms with Crippen LogP contribution >= 0.6 is 55.1 Å². The summed E-state index contributed by atoms with van der Waals surface area (Å²) in [7, 11) is 3.67. The predicted octanol–water partition coefficient (Wildman–Crippen LogP) is 18.1. The normalized spacial score (nSPS) is 10.8. The summed E-state index contributed by atoms with van der Waals surface area (Å²) in [4.78, 5) is 111. The third-order valence-electron chi connectivity index (χ3n) is 17.2. The summed E-state index contributed by atoms with van der Waals surface area (Å²) in [5, 5.41) is 6.63. The minimum Gasteiger partial charge on any atom is -0.465 e. The average Bonchev–Trinajstić information content (AvgIpc) is 1.54. The van der Waals surface area contributed by atoms with E-state index < -0.39 is 0 Å². The second-order valence-corrected chi connectivity index (χ2v) is 27.7. The highest BCUT2D eigenvalue weighted by Gasteiger charge is 2.25. The lowest BCUT2D eigenvalue weighted by atomic mass is 10.2. The van der Waals surface area contributed by atoms with E-state index in [1.165, 1.54) is 0 Å². The Morgan fingerprint density at radius 3 is 1.47 bits per heavy atom. The lowest BCUT2D eigenvalue weighted by Gasteiger charge is -2.20. The van der Waals surface area contributed by atoms with Crippen LogP contribution in [-0.2, 0) is 56.6 Å². The highest BCUT2D eigenvalue weighted by Crippen LogP contribution is 2.33. The van der Waals surface area contributed by atoms with Crippen LogP contribution in [0.2, 0.25) is 10.4 Å². The SMILES string of the molecule is CCOC(=O)CN(C)c1nc(-c2cc3cccnc3cn2)nc2c1CCC2.CCOC(=O)CN(C)c1nc(Cl)nc2c1CCC2.Cc1cc2cccnc2cn1.Clc1cc2cccnc2cn1.Nc1cc2cccnc2c(Br)n1.Nc1cc2cccnc2cn1.[C-]#[N+]Cc1cccnc1[N+]#[C-].[C-]#[N+]c1ncccc1C.[C-]#[N+]c1ncccc1CBr. The van der Waals surface area contributed by atoms with Gasteiger partial charge in [-0.1, -0.05) is 95.8 Å². The fourth-order valence-electron chi connectivity index (χ4n) is 11.6. The molecule has 0 unspecified atom stereocenters. The largest absolute Gasteiger partial charge is 0.465 e. The number of alkyl halides is 1. The van der Waals surface area contributed by atoms with E-state index in [1.54, 1.807) is 117 Å². The molecule has 0 spiro atoms. The topological polar surface area (TPSA) is 348 Å². The smallest absolute Gasteiger partial charge is 0.325 e. The Balaban J connectivity index is 0.000000158. The van der Waals surface area contributed by atoms with Crippen molar-refractivity contribution in [1.29, 1.82) is 0 Å². The second kappa shape index (κ2) is 46.7. The van der Waals surface area contributed by atoms with E-state index in [9.17, 15) is 9.59 Å². The van der Waals surface area contributed by atoms with Crippen molar-refractivity contribution in [1.82, 2.24) is 84.7 Å². The molecular formula is C87H79Br2Cl2N25O4. The summed E-state index contributed by atoms with van der Waals surface area (Å²) in [5.74, 6) is 3.94. The number of likely N-dealkylation sites (N-methyl/N-ethyl adjacent to an activating group) is 2. The molecule has 15 heterocycles. The monoisotopic (exact) mass is 1770 g/mol. The van der Waals surface area contributed by atoms with Gasteiger partial charge in [0.05, 0.1) is 71.3 Å². The molecule has 33 heteroatoms. The number of nitrogens with zero attached hydrogens (tertiary/aromatic N) is 23. The first-order chi connectivity index (χ1) is 58.2. The third-order valence-corrected chi connectivity index (χ3v) is 18.7. The van der Waals surface area contributed by atoms with Gasteiger partial charge in [0.15, 0.2) is 5.82 Å². The molecule has 2 aliphatic rings. The first-order valence-corrected chi connectivity index (χ1v) is 39.8. The molecule has 4 N–H and O–H groups in total. The summed E-state index contributed by atoms with van der Waals surface area (Å²) < 4.78 is 10.7. The number of carbonyl (C=O) groups is 2. The highest BCUT2D eigenvalue weighted by molar-refractivity contribution is 9.10. The molecule has 0 saturated carbocycles. The van der Waals surface area contributed by atoms with Gasteiger partial charge in [-0.05, 0) is 184 Å². The number of anilines is 4. The van der Waals surface area contributed by atoms with E-state index in [2.05, 4.69) is 126 Å². The number of rotatable bonds is 11. The van der Waals surface area contributed by atoms with Crippen LogP contribution in [0.15, 0.2) is 206 Å². The van der Waals surface area contributed by atoms with E-state index in [-0.39, 0.29) is 36.9 Å². The van der Waals surface area contributed by atoms with Gasteiger partial charge in [-0.2, -0.15) is 0 Å². The van der Waals surface area contributed by atoms with Crippen molar-refractivity contribution in [2.45, 2.75) is 78.1 Å².